The standard InChI is InChI=1S/C24H24NOSi/c1-15-12-13-16-8-6-10-19-23(16)22(15)24-20(26-19)14-17-18(25(24)2)9-7-11-21(17)27(3,4)5/h6-14H,1-5H3/q+1. The fourth-order valence-electron chi connectivity index (χ4n) is 4.46. The third-order valence-electron chi connectivity index (χ3n) is 5.77. The van der Waals surface area contributed by atoms with E-state index >= 15 is 0 Å². The minimum Gasteiger partial charge on any atom is -0.450 e. The maximum absolute atomic E-state index is 6.46. The lowest BCUT2D eigenvalue weighted by Crippen LogP contribution is -2.41. The van der Waals surface area contributed by atoms with E-state index in [0.29, 0.717) is 0 Å². The monoisotopic (exact) mass is 370 g/mol. The third kappa shape index (κ3) is 2.28. The van der Waals surface area contributed by atoms with Crippen LogP contribution in [0.15, 0.2) is 54.6 Å². The van der Waals surface area contributed by atoms with Crippen molar-refractivity contribution in [2.45, 2.75) is 26.6 Å². The smallest absolute Gasteiger partial charge is 0.256 e. The zero-order chi connectivity index (χ0) is 18.9. The molecule has 3 heteroatoms. The minimum absolute atomic E-state index is 0.962. The van der Waals surface area contributed by atoms with Crippen molar-refractivity contribution in [1.29, 1.82) is 0 Å². The fourth-order valence-corrected chi connectivity index (χ4v) is 6.07. The summed E-state index contributed by atoms with van der Waals surface area (Å²) >= 11 is 0. The number of aryl methyl sites for hydroxylation is 2. The number of hydrogen-bond donors (Lipinski definition) is 0. The van der Waals surface area contributed by atoms with E-state index < -0.39 is 8.07 Å². The van der Waals surface area contributed by atoms with Crippen LogP contribution >= 0.6 is 0 Å². The second-order valence-electron chi connectivity index (χ2n) is 8.62. The molecular weight excluding hydrogens is 346 g/mol. The number of fused-ring (bicyclic) bond motifs is 3. The van der Waals surface area contributed by atoms with Crippen molar-refractivity contribution in [3.05, 3.63) is 60.2 Å². The van der Waals surface area contributed by atoms with E-state index in [2.05, 4.69) is 92.8 Å². The molecule has 0 spiro atoms. The molecule has 0 atom stereocenters. The first-order valence-corrected chi connectivity index (χ1v) is 13.0. The number of aromatic nitrogens is 1. The largest absolute Gasteiger partial charge is 0.450 e. The van der Waals surface area contributed by atoms with E-state index in [0.717, 1.165) is 11.5 Å². The van der Waals surface area contributed by atoms with E-state index in [1.54, 1.807) is 0 Å². The van der Waals surface area contributed by atoms with Crippen molar-refractivity contribution < 1.29 is 9.30 Å². The highest BCUT2D eigenvalue weighted by atomic mass is 28.3. The molecule has 0 radical (unpaired) electrons. The van der Waals surface area contributed by atoms with E-state index in [-0.39, 0.29) is 0 Å². The summed E-state index contributed by atoms with van der Waals surface area (Å²) in [5.41, 5.74) is 5.04. The molecule has 0 aliphatic carbocycles. The summed E-state index contributed by atoms with van der Waals surface area (Å²) < 4.78 is 8.78. The molecule has 1 aromatic heterocycles. The molecule has 1 aliphatic heterocycles. The molecule has 0 fully saturated rings. The summed E-state index contributed by atoms with van der Waals surface area (Å²) in [5.74, 6) is 1.92. The Morgan fingerprint density at radius 1 is 0.889 bits per heavy atom. The van der Waals surface area contributed by atoms with Gasteiger partial charge in [0.15, 0.2) is 5.75 Å². The Morgan fingerprint density at radius 3 is 2.44 bits per heavy atom. The molecule has 0 unspecified atom stereocenters. The number of benzene rings is 3. The number of ether oxygens (including phenoxy) is 1. The highest BCUT2D eigenvalue weighted by molar-refractivity contribution is 6.90. The van der Waals surface area contributed by atoms with Gasteiger partial charge in [0.05, 0.1) is 13.6 Å². The van der Waals surface area contributed by atoms with Gasteiger partial charge < -0.3 is 4.74 Å². The lowest BCUT2D eigenvalue weighted by atomic mass is 9.93. The molecule has 0 saturated carbocycles. The molecule has 0 amide bonds. The Balaban J connectivity index is 1.96. The van der Waals surface area contributed by atoms with E-state index in [4.69, 9.17) is 4.74 Å². The molecule has 2 heterocycles. The molecule has 4 aromatic rings. The van der Waals surface area contributed by atoms with Crippen LogP contribution < -0.4 is 14.5 Å². The summed E-state index contributed by atoms with van der Waals surface area (Å²) in [4.78, 5) is 0. The highest BCUT2D eigenvalue weighted by Gasteiger charge is 2.32. The van der Waals surface area contributed by atoms with Crippen LogP contribution in [0.1, 0.15) is 5.56 Å². The first-order valence-electron chi connectivity index (χ1n) is 9.53. The van der Waals surface area contributed by atoms with Crippen molar-refractivity contribution in [3.8, 4) is 22.8 Å². The van der Waals surface area contributed by atoms with Crippen LogP contribution in [-0.2, 0) is 7.05 Å². The van der Waals surface area contributed by atoms with Gasteiger partial charge in [-0.25, -0.2) is 0 Å². The van der Waals surface area contributed by atoms with Crippen molar-refractivity contribution >= 4 is 34.9 Å². The summed E-state index contributed by atoms with van der Waals surface area (Å²) in [6, 6.07) is 19.7. The Labute approximate surface area is 161 Å². The Morgan fingerprint density at radius 2 is 1.67 bits per heavy atom. The SMILES string of the molecule is Cc1ccc2cccc3c2c1-c1c(cc2c([Si](C)(C)C)cccc2[n+]1C)O3. The van der Waals surface area contributed by atoms with Crippen molar-refractivity contribution in [2.24, 2.45) is 7.05 Å². The van der Waals surface area contributed by atoms with Crippen LogP contribution in [0, 0.1) is 6.92 Å². The van der Waals surface area contributed by atoms with Gasteiger partial charge in [0, 0.05) is 22.9 Å². The number of rotatable bonds is 1. The van der Waals surface area contributed by atoms with Crippen molar-refractivity contribution in [1.82, 2.24) is 0 Å². The van der Waals surface area contributed by atoms with Gasteiger partial charge in [-0.05, 0) is 29.1 Å². The summed E-state index contributed by atoms with van der Waals surface area (Å²) in [6.07, 6.45) is 0. The molecule has 134 valence electrons. The van der Waals surface area contributed by atoms with Crippen LogP contribution in [0.3, 0.4) is 0 Å². The Kier molecular flexibility index (Phi) is 3.32. The fraction of sp³-hybridized carbons (Fsp3) is 0.208. The second-order valence-corrected chi connectivity index (χ2v) is 13.7. The van der Waals surface area contributed by atoms with Crippen molar-refractivity contribution in [2.75, 3.05) is 0 Å². The Bertz CT molecular complexity index is 1250. The van der Waals surface area contributed by atoms with Gasteiger partial charge in [-0.15, -0.1) is 0 Å². The summed E-state index contributed by atoms with van der Waals surface area (Å²) in [7, 11) is 0.705. The predicted molar refractivity (Wildman–Crippen MR) is 116 cm³/mol. The lowest BCUT2D eigenvalue weighted by Gasteiger charge is -2.23. The molecule has 1 aliphatic rings. The van der Waals surface area contributed by atoms with Crippen molar-refractivity contribution in [3.63, 3.8) is 0 Å². The van der Waals surface area contributed by atoms with Gasteiger partial charge in [-0.1, -0.05) is 56.0 Å². The van der Waals surface area contributed by atoms with Gasteiger partial charge in [0.2, 0.25) is 5.52 Å². The maximum atomic E-state index is 6.46. The first-order chi connectivity index (χ1) is 12.9. The summed E-state index contributed by atoms with van der Waals surface area (Å²) in [6.45, 7) is 9.41. The average Bonchev–Trinajstić information content (AvgIpc) is 2.63. The van der Waals surface area contributed by atoms with E-state index in [1.807, 2.05) is 0 Å². The molecule has 0 saturated heterocycles. The number of nitrogens with zero attached hydrogens (tertiary/aromatic N) is 1. The van der Waals surface area contributed by atoms with Crippen LogP contribution in [0.5, 0.6) is 11.5 Å². The van der Waals surface area contributed by atoms with Crippen LogP contribution in [0.25, 0.3) is 32.9 Å². The van der Waals surface area contributed by atoms with Gasteiger partial charge in [-0.3, -0.25) is 0 Å². The number of hydrogen-bond acceptors (Lipinski definition) is 1. The minimum atomic E-state index is -1.47. The quantitative estimate of drug-likeness (QED) is 0.283. The molecule has 5 rings (SSSR count). The van der Waals surface area contributed by atoms with Gasteiger partial charge in [0.25, 0.3) is 5.69 Å². The van der Waals surface area contributed by atoms with Crippen LogP contribution in [0.2, 0.25) is 19.6 Å². The second kappa shape index (κ2) is 5.43. The van der Waals surface area contributed by atoms with Gasteiger partial charge in [-0.2, -0.15) is 4.57 Å². The zero-order valence-electron chi connectivity index (χ0n) is 16.6. The van der Waals surface area contributed by atoms with E-state index in [9.17, 15) is 0 Å². The summed E-state index contributed by atoms with van der Waals surface area (Å²) in [5, 5.41) is 5.26. The molecular formula is C24H24NOSi+. The van der Waals surface area contributed by atoms with E-state index in [1.165, 1.54) is 43.7 Å². The molecule has 3 aromatic carbocycles. The molecule has 27 heavy (non-hydrogen) atoms. The zero-order valence-corrected chi connectivity index (χ0v) is 17.6. The Hall–Kier alpha value is -2.65. The highest BCUT2D eigenvalue weighted by Crippen LogP contribution is 2.46. The lowest BCUT2D eigenvalue weighted by molar-refractivity contribution is -0.633. The topological polar surface area (TPSA) is 13.1 Å². The molecule has 2 nitrogen and oxygen atoms in total. The maximum Gasteiger partial charge on any atom is 0.256 e. The van der Waals surface area contributed by atoms with Gasteiger partial charge >= 0.3 is 0 Å². The molecule has 0 bridgehead atoms. The third-order valence-corrected chi connectivity index (χ3v) is 7.82. The molecule has 0 N–H and O–H groups in total. The number of pyridine rings is 1. The van der Waals surface area contributed by atoms with Crippen LogP contribution in [-0.4, -0.2) is 8.07 Å². The predicted octanol–water partition coefficient (Wildman–Crippen LogP) is 5.44. The average molecular weight is 371 g/mol. The van der Waals surface area contributed by atoms with Gasteiger partial charge in [0.1, 0.15) is 12.8 Å². The van der Waals surface area contributed by atoms with Crippen LogP contribution in [0.4, 0.5) is 0 Å². The first kappa shape index (κ1) is 16.5. The normalized spacial score (nSPS) is 12.9.